The summed E-state index contributed by atoms with van der Waals surface area (Å²) in [6, 6.07) is 13.4. The average molecular weight is 501 g/mol. The molecule has 7 heteroatoms. The first kappa shape index (κ1) is 24.0. The van der Waals surface area contributed by atoms with Crippen molar-refractivity contribution < 1.29 is 24.3 Å². The summed E-state index contributed by atoms with van der Waals surface area (Å²) in [6.45, 7) is 5.74. The van der Waals surface area contributed by atoms with Crippen molar-refractivity contribution in [2.75, 3.05) is 33.8 Å². The number of likely N-dealkylation sites (tertiary alicyclic amines) is 1. The molecule has 1 fully saturated rings. The Labute approximate surface area is 197 Å². The van der Waals surface area contributed by atoms with E-state index in [1.165, 1.54) is 4.90 Å². The van der Waals surface area contributed by atoms with Gasteiger partial charge in [-0.15, -0.1) is 0 Å². The number of rotatable bonds is 8. The fourth-order valence-electron chi connectivity index (χ4n) is 3.56. The first-order valence-electron chi connectivity index (χ1n) is 10.7. The molecule has 0 radical (unpaired) electrons. The van der Waals surface area contributed by atoms with Gasteiger partial charge in [0, 0.05) is 10.0 Å². The van der Waals surface area contributed by atoms with Gasteiger partial charge in [0.2, 0.25) is 5.78 Å². The fraction of sp³-hybridized carbons (Fsp3) is 0.360. The predicted molar refractivity (Wildman–Crippen MR) is 125 cm³/mol. The van der Waals surface area contributed by atoms with E-state index in [0.29, 0.717) is 36.9 Å². The Kier molecular flexibility index (Phi) is 7.74. The highest BCUT2D eigenvalue weighted by atomic mass is 79.9. The van der Waals surface area contributed by atoms with Crippen LogP contribution in [0.2, 0.25) is 0 Å². The minimum absolute atomic E-state index is 0.00178. The van der Waals surface area contributed by atoms with Gasteiger partial charge in [-0.25, -0.2) is 0 Å². The predicted octanol–water partition coefficient (Wildman–Crippen LogP) is 1.85. The van der Waals surface area contributed by atoms with Crippen molar-refractivity contribution in [2.24, 2.45) is 5.92 Å². The molecule has 0 bridgehead atoms. The number of carbonyl (C=O) groups excluding carboxylic acids is 2. The number of nitrogens with one attached hydrogen (secondary N) is 1. The van der Waals surface area contributed by atoms with Crippen LogP contribution in [0.3, 0.4) is 0 Å². The molecule has 1 amide bonds. The Hall–Kier alpha value is -2.64. The average Bonchev–Trinajstić information content (AvgIpc) is 3.01. The zero-order valence-electron chi connectivity index (χ0n) is 18.9. The van der Waals surface area contributed by atoms with Gasteiger partial charge < -0.3 is 19.6 Å². The summed E-state index contributed by atoms with van der Waals surface area (Å²) in [5, 5.41) is 13.4. The maximum atomic E-state index is 13.4. The summed E-state index contributed by atoms with van der Waals surface area (Å²) in [7, 11) is 3.96. The molecule has 170 valence electrons. The van der Waals surface area contributed by atoms with Gasteiger partial charge in [-0.3, -0.25) is 9.59 Å². The molecule has 32 heavy (non-hydrogen) atoms. The van der Waals surface area contributed by atoms with Crippen LogP contribution in [-0.4, -0.2) is 50.4 Å². The lowest BCUT2D eigenvalue weighted by molar-refractivity contribution is -0.857. The van der Waals surface area contributed by atoms with Crippen molar-refractivity contribution in [1.29, 1.82) is 0 Å². The third kappa shape index (κ3) is 5.40. The lowest BCUT2D eigenvalue weighted by Crippen LogP contribution is -3.06. The molecule has 1 heterocycles. The van der Waals surface area contributed by atoms with Crippen LogP contribution in [0.25, 0.3) is 5.76 Å². The van der Waals surface area contributed by atoms with E-state index in [-0.39, 0.29) is 5.57 Å². The number of hydrogen-bond donors (Lipinski definition) is 1. The standard InChI is InChI=1S/C25H29BrN2O4/c1-16(2)15-32-20-11-7-18(8-12-20)23(29)21-22(17-5-9-19(26)10-6-17)28(14-13-27(3)4)25(31)24(21)30/h5-12,16,22,29H,13-15H2,1-4H3. The largest absolute Gasteiger partial charge is 0.872 e. The zero-order chi connectivity index (χ0) is 23.4. The Morgan fingerprint density at radius 1 is 1.09 bits per heavy atom. The summed E-state index contributed by atoms with van der Waals surface area (Å²) >= 11 is 3.42. The Morgan fingerprint density at radius 2 is 1.72 bits per heavy atom. The third-order valence-electron chi connectivity index (χ3n) is 5.27. The number of halogens is 1. The minimum Gasteiger partial charge on any atom is -0.872 e. The minimum atomic E-state index is -0.725. The molecule has 6 nitrogen and oxygen atoms in total. The molecule has 3 rings (SSSR count). The normalized spacial score (nSPS) is 18.1. The van der Waals surface area contributed by atoms with E-state index in [2.05, 4.69) is 29.8 Å². The van der Waals surface area contributed by atoms with Crippen LogP contribution in [0.15, 0.2) is 58.6 Å². The Morgan fingerprint density at radius 3 is 2.28 bits per heavy atom. The van der Waals surface area contributed by atoms with Crippen LogP contribution in [0.1, 0.15) is 31.0 Å². The van der Waals surface area contributed by atoms with Crippen LogP contribution in [0.4, 0.5) is 0 Å². The van der Waals surface area contributed by atoms with E-state index in [1.54, 1.807) is 24.3 Å². The maximum absolute atomic E-state index is 13.4. The molecule has 0 aliphatic carbocycles. The van der Waals surface area contributed by atoms with Crippen LogP contribution < -0.4 is 14.7 Å². The molecule has 0 saturated carbocycles. The summed E-state index contributed by atoms with van der Waals surface area (Å²) in [5.41, 5.74) is 1.10. The number of likely N-dealkylation sites (N-methyl/N-ethyl adjacent to an activating group) is 1. The van der Waals surface area contributed by atoms with Crippen molar-refractivity contribution in [3.63, 3.8) is 0 Å². The van der Waals surface area contributed by atoms with Crippen molar-refractivity contribution >= 4 is 33.4 Å². The SMILES string of the molecule is CC(C)COc1ccc(C([O-])=C2C(=O)C(=O)N(CC[NH+](C)C)C2c2ccc(Br)cc2)cc1. The molecule has 0 spiro atoms. The quantitative estimate of drug-likeness (QED) is 0.341. The number of hydrogen-bond acceptors (Lipinski definition) is 4. The number of Topliss-reactive ketones (excluding diaryl/α,β-unsaturated/α-hetero) is 1. The van der Waals surface area contributed by atoms with E-state index in [4.69, 9.17) is 4.74 Å². The van der Waals surface area contributed by atoms with Crippen molar-refractivity contribution in [3.05, 3.63) is 69.7 Å². The molecule has 1 aliphatic heterocycles. The smallest absolute Gasteiger partial charge is 0.295 e. The van der Waals surface area contributed by atoms with E-state index >= 15 is 0 Å². The van der Waals surface area contributed by atoms with Gasteiger partial charge in [0.15, 0.2) is 0 Å². The third-order valence-corrected chi connectivity index (χ3v) is 5.80. The molecular formula is C25H29BrN2O4. The molecule has 1 unspecified atom stereocenters. The first-order valence-corrected chi connectivity index (χ1v) is 11.5. The zero-order valence-corrected chi connectivity index (χ0v) is 20.4. The van der Waals surface area contributed by atoms with Crippen LogP contribution in [0, 0.1) is 5.92 Å². The van der Waals surface area contributed by atoms with Gasteiger partial charge >= 0.3 is 0 Å². The second-order valence-corrected chi connectivity index (χ2v) is 9.63. The topological polar surface area (TPSA) is 74.1 Å². The van der Waals surface area contributed by atoms with Gasteiger partial charge in [-0.05, 0) is 41.3 Å². The highest BCUT2D eigenvalue weighted by molar-refractivity contribution is 9.10. The second-order valence-electron chi connectivity index (χ2n) is 8.71. The molecule has 0 aromatic heterocycles. The number of carbonyl (C=O) groups is 2. The Bertz CT molecular complexity index is 998. The molecule has 1 aliphatic rings. The number of amides is 1. The number of nitrogens with zero attached hydrogens (tertiary/aromatic N) is 1. The van der Waals surface area contributed by atoms with Crippen LogP contribution >= 0.6 is 15.9 Å². The van der Waals surface area contributed by atoms with Crippen molar-refractivity contribution in [1.82, 2.24) is 4.90 Å². The summed E-state index contributed by atoms with van der Waals surface area (Å²) in [4.78, 5) is 28.5. The van der Waals surface area contributed by atoms with E-state index < -0.39 is 23.5 Å². The number of benzene rings is 2. The molecule has 2 aromatic carbocycles. The summed E-state index contributed by atoms with van der Waals surface area (Å²) in [5.74, 6) is -0.729. The highest BCUT2D eigenvalue weighted by Crippen LogP contribution is 2.38. The number of ether oxygens (including phenoxy) is 1. The highest BCUT2D eigenvalue weighted by Gasteiger charge is 2.44. The second kappa shape index (κ2) is 10.3. The molecule has 1 N–H and O–H groups in total. The lowest BCUT2D eigenvalue weighted by atomic mass is 9.95. The van der Waals surface area contributed by atoms with E-state index in [0.717, 1.165) is 14.9 Å². The summed E-state index contributed by atoms with van der Waals surface area (Å²) in [6.07, 6.45) is 0. The number of quaternary nitrogens is 1. The molecular weight excluding hydrogens is 472 g/mol. The molecule has 1 atom stereocenters. The van der Waals surface area contributed by atoms with Gasteiger partial charge in [-0.2, -0.15) is 0 Å². The molecule has 1 saturated heterocycles. The van der Waals surface area contributed by atoms with Crippen LogP contribution in [0.5, 0.6) is 5.75 Å². The van der Waals surface area contributed by atoms with Crippen molar-refractivity contribution in [2.45, 2.75) is 19.9 Å². The molecule has 2 aromatic rings. The van der Waals surface area contributed by atoms with Crippen molar-refractivity contribution in [3.8, 4) is 5.75 Å². The van der Waals surface area contributed by atoms with Crippen LogP contribution in [-0.2, 0) is 9.59 Å². The van der Waals surface area contributed by atoms with E-state index in [9.17, 15) is 14.7 Å². The number of ketones is 1. The maximum Gasteiger partial charge on any atom is 0.295 e. The Balaban J connectivity index is 2.02. The van der Waals surface area contributed by atoms with Gasteiger partial charge in [-0.1, -0.05) is 59.8 Å². The first-order chi connectivity index (χ1) is 15.2. The fourth-order valence-corrected chi connectivity index (χ4v) is 3.82. The monoisotopic (exact) mass is 500 g/mol. The van der Waals surface area contributed by atoms with E-state index in [1.807, 2.05) is 38.4 Å². The van der Waals surface area contributed by atoms with Gasteiger partial charge in [0.05, 0.1) is 39.8 Å². The van der Waals surface area contributed by atoms with Gasteiger partial charge in [0.1, 0.15) is 5.75 Å². The lowest BCUT2D eigenvalue weighted by Gasteiger charge is -2.27. The van der Waals surface area contributed by atoms with Gasteiger partial charge in [0.25, 0.3) is 5.91 Å². The summed E-state index contributed by atoms with van der Waals surface area (Å²) < 4.78 is 6.57.